The number of nitrogens with zero attached hydrogens (tertiary/aromatic N) is 3. The molecule has 70 heavy (non-hydrogen) atoms. The van der Waals surface area contributed by atoms with E-state index >= 15 is 0 Å². The molecule has 4 aromatic rings. The predicted octanol–water partition coefficient (Wildman–Crippen LogP) is 14.3. The van der Waals surface area contributed by atoms with Crippen LogP contribution in [-0.2, 0) is 54.7 Å². The summed E-state index contributed by atoms with van der Waals surface area (Å²) in [5.41, 5.74) is 4.11. The molecule has 388 valence electrons. The van der Waals surface area contributed by atoms with Crippen molar-refractivity contribution >= 4 is 5.91 Å². The minimum Gasteiger partial charge on any atom is -0.374 e. The third kappa shape index (κ3) is 22.7. The molecule has 3 aromatic carbocycles. The number of rotatable bonds is 40. The summed E-state index contributed by atoms with van der Waals surface area (Å²) in [6.45, 7) is 8.79. The number of hydrogen-bond donors (Lipinski definition) is 1. The van der Waals surface area contributed by atoms with Crippen LogP contribution >= 0.6 is 0 Å². The molecule has 10 nitrogen and oxygen atoms in total. The van der Waals surface area contributed by atoms with Crippen LogP contribution in [0.5, 0.6) is 0 Å². The first kappa shape index (κ1) is 57.0. The van der Waals surface area contributed by atoms with Gasteiger partial charge >= 0.3 is 0 Å². The van der Waals surface area contributed by atoms with Gasteiger partial charge in [-0.15, -0.1) is 5.10 Å². The molecule has 1 aliphatic rings. The van der Waals surface area contributed by atoms with Crippen LogP contribution in [0.1, 0.15) is 197 Å². The van der Waals surface area contributed by atoms with Gasteiger partial charge in [0.25, 0.3) is 0 Å². The van der Waals surface area contributed by atoms with Crippen LogP contribution in [0, 0.1) is 5.92 Å². The summed E-state index contributed by atoms with van der Waals surface area (Å²) in [6.07, 6.45) is 30.1. The van der Waals surface area contributed by atoms with Gasteiger partial charge in [0.2, 0.25) is 5.91 Å². The fourth-order valence-electron chi connectivity index (χ4n) is 9.52. The smallest absolute Gasteiger partial charge is 0.247 e. The second kappa shape index (κ2) is 36.1. The van der Waals surface area contributed by atoms with Crippen LogP contribution in [-0.4, -0.2) is 65.3 Å². The first-order valence-electron chi connectivity index (χ1n) is 27.9. The summed E-state index contributed by atoms with van der Waals surface area (Å²) in [7, 11) is 0. The zero-order valence-electron chi connectivity index (χ0n) is 43.7. The van der Waals surface area contributed by atoms with E-state index in [4.69, 9.17) is 23.7 Å². The van der Waals surface area contributed by atoms with Gasteiger partial charge in [-0.2, -0.15) is 0 Å². The number of aryl methyl sites for hydroxylation is 1. The predicted molar refractivity (Wildman–Crippen MR) is 283 cm³/mol. The summed E-state index contributed by atoms with van der Waals surface area (Å²) in [6, 6.07) is 29.8. The number of ether oxygens (including phenoxy) is 5. The molecule has 2 heterocycles. The zero-order chi connectivity index (χ0) is 49.1. The molecule has 0 spiro atoms. The van der Waals surface area contributed by atoms with E-state index < -0.39 is 30.6 Å². The maximum atomic E-state index is 14.2. The lowest BCUT2D eigenvalue weighted by Gasteiger charge is -2.45. The van der Waals surface area contributed by atoms with E-state index in [0.717, 1.165) is 48.1 Å². The van der Waals surface area contributed by atoms with Crippen molar-refractivity contribution in [1.29, 1.82) is 0 Å². The zero-order valence-corrected chi connectivity index (χ0v) is 43.7. The Bertz CT molecular complexity index is 1860. The van der Waals surface area contributed by atoms with E-state index in [-0.39, 0.29) is 25.0 Å². The maximum Gasteiger partial charge on any atom is 0.247 e. The van der Waals surface area contributed by atoms with Crippen LogP contribution in [0.4, 0.5) is 0 Å². The minimum absolute atomic E-state index is 0.0546. The maximum absolute atomic E-state index is 14.2. The topological polar surface area (TPSA) is 106 Å². The molecule has 0 radical (unpaired) electrons. The van der Waals surface area contributed by atoms with Gasteiger partial charge in [0.05, 0.1) is 44.8 Å². The lowest BCUT2D eigenvalue weighted by molar-refractivity contribution is -0.303. The monoisotopic (exact) mass is 965 g/mol. The highest BCUT2D eigenvalue weighted by atomic mass is 16.7. The highest BCUT2D eigenvalue weighted by Crippen LogP contribution is 2.33. The molecule has 1 aromatic heterocycles. The third-order valence-corrected chi connectivity index (χ3v) is 13.9. The summed E-state index contributed by atoms with van der Waals surface area (Å²) in [5.74, 6) is -0.381. The Morgan fingerprint density at radius 2 is 1.04 bits per heavy atom. The molecule has 0 saturated carbocycles. The van der Waals surface area contributed by atoms with E-state index in [9.17, 15) is 4.79 Å². The van der Waals surface area contributed by atoms with Crippen molar-refractivity contribution in [1.82, 2.24) is 20.3 Å². The number of unbranched alkanes of at least 4 members (excludes halogenated alkanes) is 21. The highest BCUT2D eigenvalue weighted by molar-refractivity contribution is 5.80. The lowest BCUT2D eigenvalue weighted by Crippen LogP contribution is -2.57. The average molecular weight is 965 g/mol. The number of benzene rings is 3. The van der Waals surface area contributed by atoms with Crippen molar-refractivity contribution in [3.05, 3.63) is 120 Å². The van der Waals surface area contributed by atoms with Crippen molar-refractivity contribution in [2.75, 3.05) is 19.8 Å². The number of aromatic nitrogens is 3. The van der Waals surface area contributed by atoms with Crippen LogP contribution in [0.2, 0.25) is 0 Å². The van der Waals surface area contributed by atoms with Crippen LogP contribution in [0.15, 0.2) is 97.2 Å². The quantitative estimate of drug-likeness (QED) is 0.0440. The Kier molecular flexibility index (Phi) is 29.3. The molecule has 1 N–H and O–H groups in total. The van der Waals surface area contributed by atoms with E-state index in [2.05, 4.69) is 72.8 Å². The Morgan fingerprint density at radius 3 is 1.56 bits per heavy atom. The number of carbonyl (C=O) groups is 1. The molecule has 10 heteroatoms. The van der Waals surface area contributed by atoms with Crippen molar-refractivity contribution < 1.29 is 28.5 Å². The Balaban J connectivity index is 1.23. The number of nitrogens with one attached hydrogen (secondary N) is 1. The molecular weight excluding hydrogens is 873 g/mol. The van der Waals surface area contributed by atoms with E-state index in [1.165, 1.54) is 128 Å². The molecular formula is C60H92N4O6. The van der Waals surface area contributed by atoms with Gasteiger partial charge in [-0.1, -0.05) is 252 Å². The molecule has 1 fully saturated rings. The summed E-state index contributed by atoms with van der Waals surface area (Å²) < 4.78 is 35.3. The lowest BCUT2D eigenvalue weighted by atomic mass is 9.91. The number of carbonyl (C=O) groups excluding carboxylic acids is 1. The minimum atomic E-state index is -0.727. The second-order valence-corrected chi connectivity index (χ2v) is 19.9. The molecule has 1 saturated heterocycles. The Hall–Kier alpha value is -3.93. The van der Waals surface area contributed by atoms with E-state index in [1.807, 2.05) is 60.8 Å². The van der Waals surface area contributed by atoms with Crippen LogP contribution in [0.25, 0.3) is 0 Å². The summed E-state index contributed by atoms with van der Waals surface area (Å²) >= 11 is 0. The van der Waals surface area contributed by atoms with Gasteiger partial charge in [-0.3, -0.25) is 4.79 Å². The first-order valence-corrected chi connectivity index (χ1v) is 27.9. The summed E-state index contributed by atoms with van der Waals surface area (Å²) in [4.78, 5) is 14.2. The van der Waals surface area contributed by atoms with Crippen molar-refractivity contribution in [2.45, 2.75) is 225 Å². The number of amides is 1. The third-order valence-electron chi connectivity index (χ3n) is 13.9. The Morgan fingerprint density at radius 1 is 0.586 bits per heavy atom. The molecule has 0 aliphatic carbocycles. The van der Waals surface area contributed by atoms with Gasteiger partial charge < -0.3 is 29.0 Å². The van der Waals surface area contributed by atoms with Crippen molar-refractivity contribution in [3.8, 4) is 0 Å². The standard InChI is InChI=1S/C60H92N4O6/c1-4-6-8-10-12-14-16-18-20-22-24-35-43-61-59(65)55(64-44-54(62-63-64)42-34-23-21-19-17-15-13-11-9-7-5-2)48-69-60-50(3)57(67-46-52-38-30-26-31-39-52)58(68-47-53-40-32-27-33-41-53)56(70-60)49-66-45-51-36-28-25-29-37-51/h25-33,36-41,44,50,55-58,60H,4-24,34-35,42-43,45-49H2,1-3H3,(H,61,65)/t50?,55-,56?,57?,58-,60-/m0/s1. The van der Waals surface area contributed by atoms with Gasteiger partial charge in [-0.05, 0) is 36.0 Å². The molecule has 1 amide bonds. The SMILES string of the molecule is CCCCCCCCCCCCCCNC(=O)[C@H](CO[C@H]1OC(COCc2ccccc2)[C@H](OCc2ccccc2)C(OCc2ccccc2)C1C)n1cc(CCCCCCCCCCCCC)nn1. The Labute approximate surface area is 423 Å². The van der Waals surface area contributed by atoms with Gasteiger partial charge in [0.1, 0.15) is 12.2 Å². The molecule has 1 aliphatic heterocycles. The normalized spacial score (nSPS) is 18.5. The van der Waals surface area contributed by atoms with Crippen LogP contribution < -0.4 is 5.32 Å². The first-order chi connectivity index (χ1) is 34.6. The molecule has 6 atom stereocenters. The van der Waals surface area contributed by atoms with Crippen LogP contribution in [0.3, 0.4) is 0 Å². The summed E-state index contributed by atoms with van der Waals surface area (Å²) in [5, 5.41) is 12.4. The van der Waals surface area contributed by atoms with Crippen molar-refractivity contribution in [2.24, 2.45) is 5.92 Å². The average Bonchev–Trinajstić information content (AvgIpc) is 3.86. The largest absolute Gasteiger partial charge is 0.374 e. The fourth-order valence-corrected chi connectivity index (χ4v) is 9.52. The molecule has 3 unspecified atom stereocenters. The molecule has 0 bridgehead atoms. The highest BCUT2D eigenvalue weighted by Gasteiger charge is 2.46. The second-order valence-electron chi connectivity index (χ2n) is 19.9. The fraction of sp³-hybridized carbons (Fsp3) is 0.650. The van der Waals surface area contributed by atoms with Crippen molar-refractivity contribution in [3.63, 3.8) is 0 Å². The van der Waals surface area contributed by atoms with E-state index in [0.29, 0.717) is 26.4 Å². The van der Waals surface area contributed by atoms with Gasteiger partial charge in [0, 0.05) is 18.7 Å². The van der Waals surface area contributed by atoms with Gasteiger partial charge in [-0.25, -0.2) is 4.68 Å². The number of hydrogen-bond acceptors (Lipinski definition) is 8. The van der Waals surface area contributed by atoms with E-state index in [1.54, 1.807) is 4.68 Å². The molecule has 5 rings (SSSR count). The van der Waals surface area contributed by atoms with Gasteiger partial charge in [0.15, 0.2) is 12.3 Å².